The number of nitro benzene ring substituents is 1. The van der Waals surface area contributed by atoms with Gasteiger partial charge in [0.05, 0.1) is 4.92 Å². The van der Waals surface area contributed by atoms with Crippen LogP contribution in [-0.4, -0.2) is 24.0 Å². The van der Waals surface area contributed by atoms with Gasteiger partial charge in [-0.3, -0.25) is 10.1 Å². The molecule has 1 aromatic rings. The highest BCUT2D eigenvalue weighted by atomic mass is 19.2. The minimum Gasteiger partial charge on any atom is -0.311 e. The summed E-state index contributed by atoms with van der Waals surface area (Å²) in [5.74, 6) is -2.40. The van der Waals surface area contributed by atoms with Crippen molar-refractivity contribution in [3.63, 3.8) is 0 Å². The number of rotatable bonds is 3. The third-order valence-corrected chi connectivity index (χ3v) is 1.60. The fourth-order valence-corrected chi connectivity index (χ4v) is 1.02. The molecule has 0 aliphatic rings. The smallest absolute Gasteiger partial charge is 0.296 e. The van der Waals surface area contributed by atoms with Gasteiger partial charge in [0, 0.05) is 20.2 Å². The number of nitrogens with one attached hydrogen (secondary N) is 1. The van der Waals surface area contributed by atoms with Crippen LogP contribution in [0, 0.1) is 21.7 Å². The Bertz CT molecular complexity index is 396. The Labute approximate surface area is 84.4 Å². The van der Waals surface area contributed by atoms with Gasteiger partial charge in [-0.05, 0) is 6.07 Å². The van der Waals surface area contributed by atoms with Crippen molar-refractivity contribution in [1.82, 2.24) is 5.01 Å². The van der Waals surface area contributed by atoms with Crippen LogP contribution in [0.1, 0.15) is 0 Å². The molecular formula is C8H9F2N3O2. The number of hydrogen-bond donors (Lipinski definition) is 1. The van der Waals surface area contributed by atoms with E-state index < -0.39 is 27.9 Å². The second-order valence-corrected chi connectivity index (χ2v) is 3.02. The first kappa shape index (κ1) is 11.3. The highest BCUT2D eigenvalue weighted by Crippen LogP contribution is 2.28. The molecule has 0 unspecified atom stereocenters. The molecule has 7 heteroatoms. The zero-order valence-electron chi connectivity index (χ0n) is 8.12. The summed E-state index contributed by atoms with van der Waals surface area (Å²) in [4.78, 5) is 9.74. The van der Waals surface area contributed by atoms with Gasteiger partial charge in [0.15, 0.2) is 17.3 Å². The van der Waals surface area contributed by atoms with Gasteiger partial charge >= 0.3 is 0 Å². The fraction of sp³-hybridized carbons (Fsp3) is 0.250. The van der Waals surface area contributed by atoms with Crippen LogP contribution in [-0.2, 0) is 0 Å². The highest BCUT2D eigenvalue weighted by Gasteiger charge is 2.21. The van der Waals surface area contributed by atoms with E-state index in [-0.39, 0.29) is 0 Å². The normalized spacial score (nSPS) is 10.5. The molecule has 0 aromatic heterocycles. The van der Waals surface area contributed by atoms with Crippen molar-refractivity contribution in [2.75, 3.05) is 19.5 Å². The molecule has 0 heterocycles. The Morgan fingerprint density at radius 1 is 1.40 bits per heavy atom. The third kappa shape index (κ3) is 2.38. The first-order valence-electron chi connectivity index (χ1n) is 4.00. The van der Waals surface area contributed by atoms with Crippen LogP contribution in [0.4, 0.5) is 20.2 Å². The first-order chi connectivity index (χ1) is 6.93. The zero-order chi connectivity index (χ0) is 11.6. The maximum absolute atomic E-state index is 13.2. The molecule has 0 aliphatic carbocycles. The molecule has 0 saturated heterocycles. The van der Waals surface area contributed by atoms with Crippen molar-refractivity contribution < 1.29 is 13.7 Å². The van der Waals surface area contributed by atoms with Gasteiger partial charge < -0.3 is 5.43 Å². The average molecular weight is 217 g/mol. The second-order valence-electron chi connectivity index (χ2n) is 3.02. The maximum atomic E-state index is 13.2. The van der Waals surface area contributed by atoms with Crippen molar-refractivity contribution in [3.05, 3.63) is 33.9 Å². The summed E-state index contributed by atoms with van der Waals surface area (Å²) in [6.07, 6.45) is 0. The van der Waals surface area contributed by atoms with Gasteiger partial charge in [0.25, 0.3) is 5.69 Å². The average Bonchev–Trinajstić information content (AvgIpc) is 2.12. The van der Waals surface area contributed by atoms with Gasteiger partial charge in [-0.15, -0.1) is 0 Å². The molecular weight excluding hydrogens is 208 g/mol. The molecule has 15 heavy (non-hydrogen) atoms. The van der Waals surface area contributed by atoms with Crippen molar-refractivity contribution in [3.8, 4) is 0 Å². The molecule has 0 amide bonds. The van der Waals surface area contributed by atoms with Crippen LogP contribution in [0.25, 0.3) is 0 Å². The molecule has 82 valence electrons. The Hall–Kier alpha value is -1.76. The van der Waals surface area contributed by atoms with Gasteiger partial charge in [0.1, 0.15) is 0 Å². The van der Waals surface area contributed by atoms with Gasteiger partial charge in [-0.25, -0.2) is 13.8 Å². The van der Waals surface area contributed by atoms with Crippen molar-refractivity contribution in [1.29, 1.82) is 0 Å². The third-order valence-electron chi connectivity index (χ3n) is 1.60. The number of hydrogen-bond acceptors (Lipinski definition) is 4. The Balaban J connectivity index is 3.28. The Morgan fingerprint density at radius 2 is 2.00 bits per heavy atom. The fourth-order valence-electron chi connectivity index (χ4n) is 1.02. The summed E-state index contributed by atoms with van der Waals surface area (Å²) in [6.45, 7) is 0. The van der Waals surface area contributed by atoms with Gasteiger partial charge in [-0.2, -0.15) is 0 Å². The molecule has 0 fully saturated rings. The molecule has 1 N–H and O–H groups in total. The van der Waals surface area contributed by atoms with E-state index in [1.807, 2.05) is 0 Å². The van der Waals surface area contributed by atoms with Gasteiger partial charge in [-0.1, -0.05) is 0 Å². The molecule has 1 rings (SSSR count). The van der Waals surface area contributed by atoms with Crippen molar-refractivity contribution in [2.45, 2.75) is 0 Å². The van der Waals surface area contributed by atoms with Crippen LogP contribution in [0.5, 0.6) is 0 Å². The minimum absolute atomic E-state index is 0.481. The number of nitro groups is 1. The lowest BCUT2D eigenvalue weighted by atomic mass is 10.2. The zero-order valence-corrected chi connectivity index (χ0v) is 8.12. The van der Waals surface area contributed by atoms with E-state index in [9.17, 15) is 18.9 Å². The predicted octanol–water partition coefficient (Wildman–Crippen LogP) is 1.76. The van der Waals surface area contributed by atoms with E-state index in [0.29, 0.717) is 6.07 Å². The lowest BCUT2D eigenvalue weighted by Gasteiger charge is -2.14. The topological polar surface area (TPSA) is 58.4 Å². The van der Waals surface area contributed by atoms with E-state index >= 15 is 0 Å². The Kier molecular flexibility index (Phi) is 3.15. The van der Waals surface area contributed by atoms with Crippen LogP contribution >= 0.6 is 0 Å². The summed E-state index contributed by atoms with van der Waals surface area (Å²) >= 11 is 0. The second kappa shape index (κ2) is 4.18. The maximum Gasteiger partial charge on any atom is 0.296 e. The molecule has 0 saturated carbocycles. The van der Waals surface area contributed by atoms with Crippen LogP contribution in [0.2, 0.25) is 0 Å². The monoisotopic (exact) mass is 217 g/mol. The molecule has 0 bridgehead atoms. The van der Waals surface area contributed by atoms with Crippen LogP contribution in [0.3, 0.4) is 0 Å². The molecule has 1 aromatic carbocycles. The van der Waals surface area contributed by atoms with E-state index in [1.165, 1.54) is 19.1 Å². The lowest BCUT2D eigenvalue weighted by Crippen LogP contribution is -2.21. The predicted molar refractivity (Wildman–Crippen MR) is 50.3 cm³/mol. The largest absolute Gasteiger partial charge is 0.311 e. The van der Waals surface area contributed by atoms with E-state index in [0.717, 1.165) is 6.07 Å². The number of hydrazine groups is 1. The molecule has 0 spiro atoms. The quantitative estimate of drug-likeness (QED) is 0.619. The number of benzene rings is 1. The molecule has 0 aliphatic heterocycles. The van der Waals surface area contributed by atoms with Crippen molar-refractivity contribution in [2.24, 2.45) is 0 Å². The SMILES string of the molecule is CN(C)Nc1c([N+](=O)[O-])ccc(F)c1F. The number of nitrogens with zero attached hydrogens (tertiary/aromatic N) is 2. The summed E-state index contributed by atoms with van der Waals surface area (Å²) in [5.41, 5.74) is 1.35. The summed E-state index contributed by atoms with van der Waals surface area (Å²) in [6, 6.07) is 1.62. The highest BCUT2D eigenvalue weighted by molar-refractivity contribution is 5.61. The molecule has 0 radical (unpaired) electrons. The standard InChI is InChI=1S/C8H9F2N3O2/c1-12(2)11-8-6(13(14)15)4-3-5(9)7(8)10/h3-4,11H,1-2H3. The van der Waals surface area contributed by atoms with Crippen LogP contribution < -0.4 is 5.43 Å². The molecule has 5 nitrogen and oxygen atoms in total. The molecule has 0 atom stereocenters. The number of halogens is 2. The number of anilines is 1. The summed E-state index contributed by atoms with van der Waals surface area (Å²) in [5, 5.41) is 11.8. The van der Waals surface area contributed by atoms with E-state index in [2.05, 4.69) is 5.43 Å². The lowest BCUT2D eigenvalue weighted by molar-refractivity contribution is -0.384. The summed E-state index contributed by atoms with van der Waals surface area (Å²) in [7, 11) is 3.02. The van der Waals surface area contributed by atoms with Crippen molar-refractivity contribution >= 4 is 11.4 Å². The minimum atomic E-state index is -1.27. The first-order valence-corrected chi connectivity index (χ1v) is 4.00. The van der Waals surface area contributed by atoms with E-state index in [1.54, 1.807) is 0 Å². The Morgan fingerprint density at radius 3 is 2.47 bits per heavy atom. The summed E-state index contributed by atoms with van der Waals surface area (Å²) < 4.78 is 26.0. The van der Waals surface area contributed by atoms with E-state index in [4.69, 9.17) is 0 Å². The van der Waals surface area contributed by atoms with Gasteiger partial charge in [0.2, 0.25) is 0 Å². The van der Waals surface area contributed by atoms with Crippen LogP contribution in [0.15, 0.2) is 12.1 Å².